The van der Waals surface area contributed by atoms with E-state index in [4.69, 9.17) is 36.5 Å². The molecule has 0 spiro atoms. The standard InChI is InChI=1S/C38H33NO4P.C9H9.C8H12.ClHO4.Ir/c1-25(27-13-19-31(40-3)20-14-27)39(26(2)28-15-21-32(41-4)22-16-28)44-42-35-23-17-29-9-5-7-11-33(29)37(35)38-34-12-8-6-10-30(34)18-24-36(38)43-44;1-2-6-9-7-4-3-5-8-9;1-2-4-6-8-7-5-3-1;2-1(3,4)5;/h5-26H,1H2,2-4H3;2-8H,1H2;1-2,7-8H,3-6H2;(H,2,3,4,5);/q-1;;;;/t25-,26-;;;;/m1..../s1. The van der Waals surface area contributed by atoms with Crippen molar-refractivity contribution in [1.82, 2.24) is 0 Å². The minimum atomic E-state index is -4.69. The quantitative estimate of drug-likeness (QED) is 0.140. The van der Waals surface area contributed by atoms with Crippen LogP contribution >= 0.6 is 8.16 Å². The second-order valence-corrected chi connectivity index (χ2v) is 17.3. The van der Waals surface area contributed by atoms with Gasteiger partial charge in [-0.05, 0) is 147 Å². The van der Waals surface area contributed by atoms with Gasteiger partial charge in [0.1, 0.15) is 22.7 Å². The Morgan fingerprint density at radius 2 is 1.03 bits per heavy atom. The molecule has 1 saturated carbocycles. The summed E-state index contributed by atoms with van der Waals surface area (Å²) in [6.45, 7) is 10.5. The number of nitrogens with zero attached hydrogens (tertiary/aromatic N) is 1. The van der Waals surface area contributed by atoms with Crippen molar-refractivity contribution in [2.24, 2.45) is 0 Å². The minimum absolute atomic E-state index is 0. The summed E-state index contributed by atoms with van der Waals surface area (Å²) in [5.74, 6) is 1.60. The van der Waals surface area contributed by atoms with Gasteiger partial charge in [-0.1, -0.05) is 127 Å². The molecule has 0 aliphatic heterocycles. The Balaban J connectivity index is 0.000000299. The molecule has 0 unspecified atom stereocenters. The molecule has 9 rings (SSSR count). The number of halogens is 1. The van der Waals surface area contributed by atoms with E-state index in [1.807, 2.05) is 61.0 Å². The van der Waals surface area contributed by atoms with Crippen molar-refractivity contribution in [3.8, 4) is 11.5 Å². The zero-order chi connectivity index (χ0) is 46.9. The maximum absolute atomic E-state index is 8.60. The van der Waals surface area contributed by atoms with Crippen molar-refractivity contribution >= 4 is 51.6 Å². The number of ether oxygens (including phenoxy) is 2. The summed E-state index contributed by atoms with van der Waals surface area (Å²) in [6, 6.07) is 51.2. The van der Waals surface area contributed by atoms with Gasteiger partial charge >= 0.3 is 8.16 Å². The molecule has 1 aliphatic carbocycles. The number of fused-ring (bicyclic) bond motifs is 7. The first-order chi connectivity index (χ1) is 32.0. The predicted octanol–water partition coefficient (Wildman–Crippen LogP) is 11.4. The summed E-state index contributed by atoms with van der Waals surface area (Å²) in [7, 11) is -3.03. The van der Waals surface area contributed by atoms with Crippen LogP contribution in [0, 0.1) is 62.6 Å². The smallest absolute Gasteiger partial charge is 0.308 e. The topological polar surface area (TPSA) is 137 Å². The maximum Gasteiger partial charge on any atom is 0.308 e. The van der Waals surface area contributed by atoms with Crippen LogP contribution in [0.25, 0.3) is 43.5 Å². The number of benzene rings is 7. The first-order valence-corrected chi connectivity index (χ1v) is 23.9. The van der Waals surface area contributed by atoms with Crippen LogP contribution in [0.1, 0.15) is 61.4 Å². The van der Waals surface area contributed by atoms with E-state index in [1.54, 1.807) is 20.6 Å². The van der Waals surface area contributed by atoms with Gasteiger partial charge in [0.25, 0.3) is 0 Å². The van der Waals surface area contributed by atoms with Crippen molar-refractivity contribution in [1.29, 1.82) is 0 Å². The minimum Gasteiger partial charge on any atom is -0.497 e. The number of hydrogen-bond donors (Lipinski definition) is 1. The molecule has 0 saturated heterocycles. The Morgan fingerprint density at radius 1 is 0.627 bits per heavy atom. The fourth-order valence-electron chi connectivity index (χ4n) is 7.55. The van der Waals surface area contributed by atoms with Gasteiger partial charge in [-0.2, -0.15) is 14.0 Å². The van der Waals surface area contributed by atoms with Gasteiger partial charge in [0.2, 0.25) is 0 Å². The summed E-state index contributed by atoms with van der Waals surface area (Å²) >= 11 is 0. The summed E-state index contributed by atoms with van der Waals surface area (Å²) in [5, 5.41) is 6.63. The van der Waals surface area contributed by atoms with Gasteiger partial charge in [0.15, 0.2) is 0 Å². The van der Waals surface area contributed by atoms with Gasteiger partial charge < -0.3 is 24.8 Å². The summed E-state index contributed by atoms with van der Waals surface area (Å²) in [5.41, 5.74) is 4.91. The maximum atomic E-state index is 8.60. The Kier molecular flexibility index (Phi) is 21.3. The monoisotopic (exact) mass is 1120 g/mol. The van der Waals surface area contributed by atoms with E-state index in [1.165, 1.54) is 31.2 Å². The van der Waals surface area contributed by atoms with Gasteiger partial charge in [-0.3, -0.25) is 0 Å². The molecule has 12 heteroatoms. The van der Waals surface area contributed by atoms with Crippen LogP contribution in [0.3, 0.4) is 0 Å². The van der Waals surface area contributed by atoms with Gasteiger partial charge in [0, 0.05) is 36.9 Å². The van der Waals surface area contributed by atoms with Crippen LogP contribution in [-0.2, 0) is 20.1 Å². The second-order valence-electron chi connectivity index (χ2n) is 15.2. The van der Waals surface area contributed by atoms with Gasteiger partial charge in [-0.15, -0.1) is 0 Å². The summed E-state index contributed by atoms with van der Waals surface area (Å²) in [6.07, 6.45) is 17.8. The summed E-state index contributed by atoms with van der Waals surface area (Å²) < 4.78 is 59.9. The number of hydrogen-bond acceptors (Lipinski definition) is 9. The number of rotatable bonds is 9. The van der Waals surface area contributed by atoms with E-state index in [0.29, 0.717) is 0 Å². The van der Waals surface area contributed by atoms with E-state index in [0.717, 1.165) is 66.1 Å². The molecule has 1 N–H and O–H groups in total. The largest absolute Gasteiger partial charge is 0.497 e. The fraction of sp³-hybridized carbons (Fsp3) is 0.164. The van der Waals surface area contributed by atoms with Crippen molar-refractivity contribution in [3.63, 3.8) is 0 Å². The van der Waals surface area contributed by atoms with Crippen LogP contribution in [-0.4, -0.2) is 18.9 Å². The molecule has 8 aromatic rings. The molecular weight excluding hydrogens is 1060 g/mol. The molecule has 1 heterocycles. The van der Waals surface area contributed by atoms with E-state index in [2.05, 4.69) is 148 Å². The first kappa shape index (κ1) is 53.3. The van der Waals surface area contributed by atoms with Crippen LogP contribution in [0.15, 0.2) is 160 Å². The third-order valence-corrected chi connectivity index (χ3v) is 12.5. The molecule has 0 amide bonds. The van der Waals surface area contributed by atoms with Crippen molar-refractivity contribution in [2.75, 3.05) is 18.9 Å². The molecule has 350 valence electrons. The van der Waals surface area contributed by atoms with Crippen LogP contribution < -0.4 is 28.1 Å². The normalized spacial score (nSPS) is 13.6. The zero-order valence-electron chi connectivity index (χ0n) is 37.7. The zero-order valence-corrected chi connectivity index (χ0v) is 41.8. The third kappa shape index (κ3) is 15.4. The SMILES string of the molecule is [CH2-][C@H](c1ccc(OC)cc1)N([C@H](C)c1ccc(OC)cc1)p1oc2ccc3ccccc3c2c2c(ccc3ccccc32)o1.[CH2][CH][CH]c1ccccc1.[CH]1[CH]CC[CH][CH]CC1.[Ir].[O-][Cl+3]([O-])([O-])O. The van der Waals surface area contributed by atoms with E-state index in [9.17, 15) is 0 Å². The van der Waals surface area contributed by atoms with Crippen LogP contribution in [0.2, 0.25) is 0 Å². The van der Waals surface area contributed by atoms with E-state index < -0.39 is 18.4 Å². The molecule has 2 atom stereocenters. The average molecular weight is 1120 g/mol. The molecule has 1 aromatic heterocycles. The van der Waals surface area contributed by atoms with Crippen molar-refractivity contribution < 1.29 is 66.9 Å². The molecule has 8 radical (unpaired) electrons. The van der Waals surface area contributed by atoms with Gasteiger partial charge in [0.05, 0.1) is 29.1 Å². The van der Waals surface area contributed by atoms with Crippen LogP contribution in [0.5, 0.6) is 11.5 Å². The Bertz CT molecular complexity index is 2570. The first-order valence-electron chi connectivity index (χ1n) is 21.5. The van der Waals surface area contributed by atoms with Crippen molar-refractivity contribution in [2.45, 2.75) is 44.7 Å². The molecule has 9 nitrogen and oxygen atoms in total. The van der Waals surface area contributed by atoms with Gasteiger partial charge in [-0.25, -0.2) is 4.67 Å². The molecule has 0 bridgehead atoms. The Labute approximate surface area is 412 Å². The third-order valence-electron chi connectivity index (χ3n) is 10.8. The predicted molar refractivity (Wildman–Crippen MR) is 259 cm³/mol. The van der Waals surface area contributed by atoms with E-state index >= 15 is 0 Å². The molecular formula is C55H55ClIrNO8P-. The Morgan fingerprint density at radius 3 is 1.45 bits per heavy atom. The molecule has 7 aromatic carbocycles. The number of methoxy groups -OCH3 is 2. The average Bonchev–Trinajstić information content (AvgIpc) is 3.49. The second kappa shape index (κ2) is 26.7. The molecule has 1 aliphatic rings. The molecule has 67 heavy (non-hydrogen) atoms. The fourth-order valence-corrected chi connectivity index (χ4v) is 9.19. The van der Waals surface area contributed by atoms with Crippen LogP contribution in [0.4, 0.5) is 0 Å². The molecule has 1 fully saturated rings. The Hall–Kier alpha value is -4.70. The van der Waals surface area contributed by atoms with Crippen molar-refractivity contribution in [3.05, 3.63) is 221 Å². The summed E-state index contributed by atoms with van der Waals surface area (Å²) in [4.78, 5) is 0. The van der Waals surface area contributed by atoms with E-state index in [-0.39, 0.29) is 32.2 Å².